The standard InChI is InChI=1S/C85H166O17P2/c1-75(2)61-53-45-37-29-23-17-13-11-9-10-12-14-20-27-33-43-51-59-67-84(89)101-80(71-95-82(87)65-57-49-41-32-26-21-15-18-24-30-38-46-54-62-76(3)4)73-99-103(91,92)97-69-79(86)70-98-104(93,94)100-74-81(72-96-83(88)66-58-50-42-36-35-40-48-56-64-78(7)8)102-85(90)68-60-52-44-34-28-22-16-19-25-31-39-47-55-63-77(5)6/h75-81,86H,9-74H2,1-8H3,(H,91,92)(H,93,94)/t79-,80-,81-/m1/s1. The summed E-state index contributed by atoms with van der Waals surface area (Å²) < 4.78 is 68.9. The number of hydrogen-bond donors (Lipinski definition) is 3. The average Bonchev–Trinajstić information content (AvgIpc) is 0.906. The lowest BCUT2D eigenvalue weighted by atomic mass is 10.0. The zero-order valence-electron chi connectivity index (χ0n) is 68.7. The minimum absolute atomic E-state index is 0.106. The number of unbranched alkanes of at least 4 members (excludes halogenated alkanes) is 48. The molecule has 2 unspecified atom stereocenters. The molecule has 0 amide bonds. The van der Waals surface area contributed by atoms with E-state index in [1.807, 2.05) is 0 Å². The zero-order valence-corrected chi connectivity index (χ0v) is 70.5. The Bertz CT molecular complexity index is 2020. The molecule has 0 aromatic carbocycles. The maximum atomic E-state index is 13.1. The van der Waals surface area contributed by atoms with Gasteiger partial charge in [-0.15, -0.1) is 0 Å². The van der Waals surface area contributed by atoms with Gasteiger partial charge in [-0.1, -0.05) is 389 Å². The number of ether oxygens (including phenoxy) is 4. The fourth-order valence-corrected chi connectivity index (χ4v) is 14.7. The van der Waals surface area contributed by atoms with E-state index in [0.29, 0.717) is 25.7 Å². The van der Waals surface area contributed by atoms with E-state index in [1.54, 1.807) is 0 Å². The molecule has 104 heavy (non-hydrogen) atoms. The number of hydrogen-bond acceptors (Lipinski definition) is 15. The Kier molecular flexibility index (Phi) is 72.5. The van der Waals surface area contributed by atoms with Gasteiger partial charge in [0.25, 0.3) is 0 Å². The minimum Gasteiger partial charge on any atom is -0.462 e. The second-order valence-electron chi connectivity index (χ2n) is 32.5. The van der Waals surface area contributed by atoms with Crippen molar-refractivity contribution in [2.45, 2.75) is 459 Å². The Balaban J connectivity index is 5.24. The highest BCUT2D eigenvalue weighted by atomic mass is 31.2. The van der Waals surface area contributed by atoms with Crippen LogP contribution in [0.25, 0.3) is 0 Å². The van der Waals surface area contributed by atoms with Crippen molar-refractivity contribution in [1.29, 1.82) is 0 Å². The monoisotopic (exact) mass is 1520 g/mol. The molecule has 0 radical (unpaired) electrons. The van der Waals surface area contributed by atoms with Gasteiger partial charge in [0, 0.05) is 25.7 Å². The predicted molar refractivity (Wildman–Crippen MR) is 428 cm³/mol. The summed E-state index contributed by atoms with van der Waals surface area (Å²) >= 11 is 0. The van der Waals surface area contributed by atoms with Crippen molar-refractivity contribution in [3.8, 4) is 0 Å². The van der Waals surface area contributed by atoms with Crippen LogP contribution in [-0.4, -0.2) is 96.7 Å². The molecule has 0 aliphatic rings. The minimum atomic E-state index is -4.97. The number of phosphoric acid groups is 2. The smallest absolute Gasteiger partial charge is 0.462 e. The van der Waals surface area contributed by atoms with Gasteiger partial charge in [0.2, 0.25) is 0 Å². The topological polar surface area (TPSA) is 237 Å². The zero-order chi connectivity index (χ0) is 76.7. The van der Waals surface area contributed by atoms with Gasteiger partial charge in [-0.25, -0.2) is 9.13 Å². The van der Waals surface area contributed by atoms with Crippen molar-refractivity contribution in [3.05, 3.63) is 0 Å². The SMILES string of the molecule is CC(C)CCCCCCCCCCCCCCCCCCCCC(=O)O[C@H](COC(=O)CCCCCCCCCCCCCCCC(C)C)COP(=O)(O)OC[C@@H](O)COP(=O)(O)OC[C@@H](COC(=O)CCCCCCCCCCC(C)C)OC(=O)CCCCCCCCCCCCCCCC(C)C. The number of phosphoric ester groups is 2. The van der Waals surface area contributed by atoms with Crippen molar-refractivity contribution in [1.82, 2.24) is 0 Å². The molecule has 0 aliphatic carbocycles. The van der Waals surface area contributed by atoms with Crippen molar-refractivity contribution in [2.75, 3.05) is 39.6 Å². The number of carbonyl (C=O) groups is 4. The molecule has 5 atom stereocenters. The molecule has 0 aromatic heterocycles. The Hall–Kier alpha value is -1.94. The first-order chi connectivity index (χ1) is 50.1. The number of aliphatic hydroxyl groups is 1. The highest BCUT2D eigenvalue weighted by molar-refractivity contribution is 7.47. The summed E-state index contributed by atoms with van der Waals surface area (Å²) in [5.74, 6) is 1.02. The number of esters is 4. The van der Waals surface area contributed by atoms with Gasteiger partial charge in [0.1, 0.15) is 19.3 Å². The van der Waals surface area contributed by atoms with Crippen molar-refractivity contribution >= 4 is 39.5 Å². The van der Waals surface area contributed by atoms with Crippen LogP contribution in [0.4, 0.5) is 0 Å². The van der Waals surface area contributed by atoms with Crippen LogP contribution in [0.3, 0.4) is 0 Å². The van der Waals surface area contributed by atoms with Crippen LogP contribution in [0.15, 0.2) is 0 Å². The van der Waals surface area contributed by atoms with E-state index >= 15 is 0 Å². The Morgan fingerprint density at radius 3 is 0.596 bits per heavy atom. The fraction of sp³-hybridized carbons (Fsp3) is 0.953. The Labute approximate surface area is 638 Å². The van der Waals surface area contributed by atoms with Crippen molar-refractivity contribution < 1.29 is 80.2 Å². The molecule has 0 aliphatic heterocycles. The number of aliphatic hydroxyl groups excluding tert-OH is 1. The quantitative estimate of drug-likeness (QED) is 0.0222. The van der Waals surface area contributed by atoms with Gasteiger partial charge in [0.05, 0.1) is 26.4 Å². The van der Waals surface area contributed by atoms with Crippen molar-refractivity contribution in [2.24, 2.45) is 23.7 Å². The lowest BCUT2D eigenvalue weighted by Crippen LogP contribution is -2.30. The molecule has 19 heteroatoms. The third-order valence-corrected chi connectivity index (χ3v) is 21.7. The first kappa shape index (κ1) is 102. The molecule has 0 spiro atoms. The van der Waals surface area contributed by atoms with Crippen LogP contribution in [0.5, 0.6) is 0 Å². The summed E-state index contributed by atoms with van der Waals surface area (Å²) in [6.45, 7) is 14.3. The third-order valence-electron chi connectivity index (χ3n) is 19.8. The highest BCUT2D eigenvalue weighted by Gasteiger charge is 2.30. The summed E-state index contributed by atoms with van der Waals surface area (Å²) in [6, 6.07) is 0. The van der Waals surface area contributed by atoms with Crippen LogP contribution in [0.1, 0.15) is 441 Å². The first-order valence-corrected chi connectivity index (χ1v) is 46.7. The van der Waals surface area contributed by atoms with E-state index in [4.69, 9.17) is 37.0 Å². The fourth-order valence-electron chi connectivity index (χ4n) is 13.1. The normalized spacial score (nSPS) is 14.0. The maximum Gasteiger partial charge on any atom is 0.472 e. The molecule has 0 saturated carbocycles. The van der Waals surface area contributed by atoms with E-state index in [9.17, 15) is 43.2 Å². The molecule has 0 aromatic rings. The highest BCUT2D eigenvalue weighted by Crippen LogP contribution is 2.45. The van der Waals surface area contributed by atoms with E-state index in [0.717, 1.165) is 114 Å². The largest absolute Gasteiger partial charge is 0.472 e. The van der Waals surface area contributed by atoms with E-state index < -0.39 is 97.5 Å². The molecule has 3 N–H and O–H groups in total. The Morgan fingerprint density at radius 1 is 0.240 bits per heavy atom. The summed E-state index contributed by atoms with van der Waals surface area (Å²) in [5, 5.41) is 10.7. The lowest BCUT2D eigenvalue weighted by molar-refractivity contribution is -0.161. The van der Waals surface area contributed by atoms with Crippen LogP contribution < -0.4 is 0 Å². The van der Waals surface area contributed by atoms with Gasteiger partial charge in [-0.3, -0.25) is 37.3 Å². The van der Waals surface area contributed by atoms with Gasteiger partial charge < -0.3 is 33.8 Å². The first-order valence-electron chi connectivity index (χ1n) is 43.7. The number of rotatable bonds is 82. The molecule has 0 heterocycles. The second kappa shape index (κ2) is 73.8. The molecule has 0 rings (SSSR count). The van der Waals surface area contributed by atoms with Crippen LogP contribution in [0, 0.1) is 23.7 Å². The summed E-state index contributed by atoms with van der Waals surface area (Å²) in [4.78, 5) is 73.2. The summed E-state index contributed by atoms with van der Waals surface area (Å²) in [7, 11) is -9.93. The van der Waals surface area contributed by atoms with Gasteiger partial charge in [-0.2, -0.15) is 0 Å². The summed E-state index contributed by atoms with van der Waals surface area (Å²) in [6.07, 6.45) is 62.5. The Morgan fingerprint density at radius 2 is 0.404 bits per heavy atom. The molecule has 618 valence electrons. The molecular weight excluding hydrogens is 1350 g/mol. The molecular formula is C85H166O17P2. The van der Waals surface area contributed by atoms with E-state index in [-0.39, 0.29) is 25.7 Å². The maximum absolute atomic E-state index is 13.1. The van der Waals surface area contributed by atoms with Crippen molar-refractivity contribution in [3.63, 3.8) is 0 Å². The van der Waals surface area contributed by atoms with Crippen LogP contribution >= 0.6 is 15.6 Å². The third kappa shape index (κ3) is 78.2. The average molecular weight is 1520 g/mol. The lowest BCUT2D eigenvalue weighted by Gasteiger charge is -2.21. The second-order valence-corrected chi connectivity index (χ2v) is 35.4. The van der Waals surface area contributed by atoms with Crippen LogP contribution in [-0.2, 0) is 65.4 Å². The van der Waals surface area contributed by atoms with E-state index in [2.05, 4.69) is 55.4 Å². The van der Waals surface area contributed by atoms with Gasteiger partial charge >= 0.3 is 39.5 Å². The molecule has 0 fully saturated rings. The molecule has 17 nitrogen and oxygen atoms in total. The van der Waals surface area contributed by atoms with Gasteiger partial charge in [-0.05, 0) is 49.4 Å². The van der Waals surface area contributed by atoms with Gasteiger partial charge in [0.15, 0.2) is 12.2 Å². The van der Waals surface area contributed by atoms with E-state index in [1.165, 1.54) is 244 Å². The molecule has 0 saturated heterocycles. The number of carbonyl (C=O) groups excluding carboxylic acids is 4. The predicted octanol–water partition coefficient (Wildman–Crippen LogP) is 25.6. The molecule has 0 bridgehead atoms. The summed E-state index contributed by atoms with van der Waals surface area (Å²) in [5.41, 5.74) is 0. The van der Waals surface area contributed by atoms with Crippen LogP contribution in [0.2, 0.25) is 0 Å².